The number of aliphatic hydroxyl groups excluding tert-OH is 1. The summed E-state index contributed by atoms with van der Waals surface area (Å²) in [6.45, 7) is 5.21. The Morgan fingerprint density at radius 1 is 1.18 bits per heavy atom. The monoisotopic (exact) mass is 407 g/mol. The molecule has 9 heteroatoms. The van der Waals surface area contributed by atoms with Gasteiger partial charge in [0.2, 0.25) is 11.8 Å². The lowest BCUT2D eigenvalue weighted by atomic mass is 9.85. The Hall–Kier alpha value is -2.49. The van der Waals surface area contributed by atoms with E-state index in [1.54, 1.807) is 38.2 Å². The number of benzene rings is 1. The fourth-order valence-corrected chi connectivity index (χ4v) is 3.73. The van der Waals surface area contributed by atoms with Crippen molar-refractivity contribution in [3.05, 3.63) is 35.2 Å². The highest BCUT2D eigenvalue weighted by Gasteiger charge is 2.37. The second-order valence-electron chi connectivity index (χ2n) is 7.73. The van der Waals surface area contributed by atoms with Gasteiger partial charge in [-0.2, -0.15) is 0 Å². The van der Waals surface area contributed by atoms with Crippen LogP contribution in [0.5, 0.6) is 0 Å². The van der Waals surface area contributed by atoms with Crippen LogP contribution in [0.3, 0.4) is 0 Å². The summed E-state index contributed by atoms with van der Waals surface area (Å²) in [4.78, 5) is 36.4. The van der Waals surface area contributed by atoms with Gasteiger partial charge >= 0.3 is 0 Å². The number of hydroxylamine groups is 1. The number of thiophene rings is 1. The maximum atomic E-state index is 12.8. The molecule has 3 atom stereocenters. The van der Waals surface area contributed by atoms with E-state index in [0.717, 1.165) is 15.6 Å². The number of rotatable bonds is 7. The Labute approximate surface area is 166 Å². The molecule has 2 aromatic rings. The van der Waals surface area contributed by atoms with Gasteiger partial charge in [-0.15, -0.1) is 11.3 Å². The zero-order chi connectivity index (χ0) is 21.1. The summed E-state index contributed by atoms with van der Waals surface area (Å²) < 4.78 is 1.07. The number of carbonyl (C=O) groups excluding carboxylic acids is 3. The minimum Gasteiger partial charge on any atom is -0.382 e. The highest BCUT2D eigenvalue weighted by atomic mass is 32.1. The molecule has 0 aliphatic rings. The van der Waals surface area contributed by atoms with Crippen molar-refractivity contribution >= 4 is 39.1 Å². The van der Waals surface area contributed by atoms with Crippen molar-refractivity contribution in [2.75, 3.05) is 0 Å². The van der Waals surface area contributed by atoms with Crippen LogP contribution in [0.15, 0.2) is 29.6 Å². The van der Waals surface area contributed by atoms with E-state index in [1.165, 1.54) is 5.48 Å². The molecule has 0 radical (unpaired) electrons. The molecule has 0 aliphatic heterocycles. The van der Waals surface area contributed by atoms with Crippen LogP contribution >= 0.6 is 11.3 Å². The van der Waals surface area contributed by atoms with E-state index in [2.05, 4.69) is 5.32 Å². The summed E-state index contributed by atoms with van der Waals surface area (Å²) in [5.41, 5.74) is 6.82. The average Bonchev–Trinajstić information content (AvgIpc) is 3.09. The van der Waals surface area contributed by atoms with Crippen LogP contribution in [0.1, 0.15) is 26.3 Å². The van der Waals surface area contributed by atoms with Crippen LogP contribution in [0.4, 0.5) is 0 Å². The maximum Gasteiger partial charge on any atom is 0.272 e. The number of primary amides is 1. The van der Waals surface area contributed by atoms with Crippen LogP contribution in [0, 0.1) is 11.3 Å². The summed E-state index contributed by atoms with van der Waals surface area (Å²) in [7, 11) is 0. The number of carbonyl (C=O) groups is 3. The highest BCUT2D eigenvalue weighted by molar-refractivity contribution is 7.17. The van der Waals surface area contributed by atoms with Crippen molar-refractivity contribution in [3.8, 4) is 0 Å². The zero-order valence-electron chi connectivity index (χ0n) is 15.9. The van der Waals surface area contributed by atoms with E-state index in [1.807, 2.05) is 23.6 Å². The van der Waals surface area contributed by atoms with Crippen LogP contribution in [0.25, 0.3) is 10.1 Å². The Balaban J connectivity index is 2.31. The van der Waals surface area contributed by atoms with Crippen LogP contribution < -0.4 is 16.5 Å². The smallest absolute Gasteiger partial charge is 0.272 e. The summed E-state index contributed by atoms with van der Waals surface area (Å²) in [6, 6.07) is 6.50. The van der Waals surface area contributed by atoms with E-state index in [-0.39, 0.29) is 6.42 Å². The van der Waals surface area contributed by atoms with Gasteiger partial charge in [0.15, 0.2) is 0 Å². The van der Waals surface area contributed by atoms with Crippen LogP contribution in [-0.4, -0.2) is 40.2 Å². The molecule has 0 unspecified atom stereocenters. The zero-order valence-corrected chi connectivity index (χ0v) is 16.7. The molecule has 8 nitrogen and oxygen atoms in total. The van der Waals surface area contributed by atoms with Crippen molar-refractivity contribution in [1.29, 1.82) is 0 Å². The van der Waals surface area contributed by atoms with E-state index >= 15 is 0 Å². The van der Waals surface area contributed by atoms with Gasteiger partial charge in [-0.25, -0.2) is 5.48 Å². The van der Waals surface area contributed by atoms with Crippen molar-refractivity contribution in [2.24, 2.45) is 17.1 Å². The largest absolute Gasteiger partial charge is 0.382 e. The standard InChI is InChI=1S/C19H25N3O5S/c1-19(2,3)15(16(20)24)21-17(25)12(14(23)18(26)22-27)9-10-4-5-13-11(8-10)6-7-28-13/h4-8,12,14-15,23,27H,9H2,1-3H3,(H2,20,24)(H,21,25)(H,22,26)/t12-,14+,15-/m1/s1. The summed E-state index contributed by atoms with van der Waals surface area (Å²) in [5, 5.41) is 24.6. The molecule has 3 amide bonds. The van der Waals surface area contributed by atoms with Gasteiger partial charge in [0.05, 0.1) is 5.92 Å². The fourth-order valence-electron chi connectivity index (χ4n) is 2.96. The SMILES string of the molecule is CC(C)(C)[C@H](NC(=O)[C@H](Cc1ccc2sccc2c1)[C@H](O)C(=O)NO)C(N)=O. The molecule has 0 spiro atoms. The molecule has 6 N–H and O–H groups in total. The first-order chi connectivity index (χ1) is 13.0. The highest BCUT2D eigenvalue weighted by Crippen LogP contribution is 2.25. The van der Waals surface area contributed by atoms with Gasteiger partial charge in [0.1, 0.15) is 12.1 Å². The predicted octanol–water partition coefficient (Wildman–Crippen LogP) is 0.943. The van der Waals surface area contributed by atoms with Gasteiger partial charge in [0, 0.05) is 4.70 Å². The van der Waals surface area contributed by atoms with E-state index in [4.69, 9.17) is 10.9 Å². The van der Waals surface area contributed by atoms with Gasteiger partial charge in [-0.05, 0) is 40.3 Å². The number of hydrogen-bond donors (Lipinski definition) is 5. The van der Waals surface area contributed by atoms with E-state index in [0.29, 0.717) is 0 Å². The van der Waals surface area contributed by atoms with Crippen molar-refractivity contribution in [1.82, 2.24) is 10.8 Å². The molecule has 1 aromatic heterocycles. The van der Waals surface area contributed by atoms with E-state index < -0.39 is 41.2 Å². The molecule has 2 rings (SSSR count). The number of aliphatic hydroxyl groups is 1. The van der Waals surface area contributed by atoms with Crippen molar-refractivity contribution in [3.63, 3.8) is 0 Å². The second-order valence-corrected chi connectivity index (χ2v) is 8.68. The van der Waals surface area contributed by atoms with Crippen LogP contribution in [-0.2, 0) is 20.8 Å². The molecular formula is C19H25N3O5S. The Morgan fingerprint density at radius 3 is 2.43 bits per heavy atom. The molecule has 28 heavy (non-hydrogen) atoms. The summed E-state index contributed by atoms with van der Waals surface area (Å²) in [5.74, 6) is -3.77. The lowest BCUT2D eigenvalue weighted by Crippen LogP contribution is -2.56. The topological polar surface area (TPSA) is 142 Å². The first kappa shape index (κ1) is 21.8. The van der Waals surface area contributed by atoms with E-state index in [9.17, 15) is 19.5 Å². The molecule has 1 heterocycles. The number of nitrogens with one attached hydrogen (secondary N) is 2. The quantitative estimate of drug-likeness (QED) is 0.343. The molecule has 0 fully saturated rings. The number of fused-ring (bicyclic) bond motifs is 1. The lowest BCUT2D eigenvalue weighted by Gasteiger charge is -2.31. The third kappa shape index (κ3) is 5.06. The van der Waals surface area contributed by atoms with Gasteiger partial charge < -0.3 is 16.2 Å². The Kier molecular flexibility index (Phi) is 6.76. The first-order valence-corrected chi connectivity index (χ1v) is 9.60. The van der Waals surface area contributed by atoms with Crippen molar-refractivity contribution < 1.29 is 24.7 Å². The van der Waals surface area contributed by atoms with Crippen molar-refractivity contribution in [2.45, 2.75) is 39.3 Å². The number of hydrogen-bond acceptors (Lipinski definition) is 6. The predicted molar refractivity (Wildman–Crippen MR) is 106 cm³/mol. The second kappa shape index (κ2) is 8.68. The molecule has 1 aromatic carbocycles. The summed E-state index contributed by atoms with van der Waals surface area (Å²) >= 11 is 1.57. The number of nitrogens with two attached hydrogens (primary N) is 1. The molecule has 0 saturated heterocycles. The fraction of sp³-hybridized carbons (Fsp3) is 0.421. The minimum absolute atomic E-state index is 0.0296. The molecule has 0 saturated carbocycles. The molecular weight excluding hydrogens is 382 g/mol. The Bertz CT molecular complexity index is 874. The van der Waals surface area contributed by atoms with Gasteiger partial charge in [0.25, 0.3) is 5.91 Å². The van der Waals surface area contributed by atoms with Crippen LogP contribution in [0.2, 0.25) is 0 Å². The molecule has 0 bridgehead atoms. The third-order valence-electron chi connectivity index (χ3n) is 4.51. The molecule has 152 valence electrons. The Morgan fingerprint density at radius 2 is 1.86 bits per heavy atom. The van der Waals surface area contributed by atoms with Gasteiger partial charge in [-0.3, -0.25) is 19.6 Å². The maximum absolute atomic E-state index is 12.8. The lowest BCUT2D eigenvalue weighted by molar-refractivity contribution is -0.146. The normalized spacial score (nSPS) is 14.9. The first-order valence-electron chi connectivity index (χ1n) is 8.72. The third-order valence-corrected chi connectivity index (χ3v) is 5.40. The molecule has 0 aliphatic carbocycles. The van der Waals surface area contributed by atoms with Gasteiger partial charge in [-0.1, -0.05) is 32.9 Å². The summed E-state index contributed by atoms with van der Waals surface area (Å²) in [6.07, 6.45) is -1.78. The average molecular weight is 407 g/mol. The number of amides is 3. The minimum atomic E-state index is -1.81.